The molecule has 3 aromatic rings. The number of imide groups is 2. The van der Waals surface area contributed by atoms with E-state index in [0.717, 1.165) is 32.0 Å². The highest BCUT2D eigenvalue weighted by Crippen LogP contribution is 2.30. The van der Waals surface area contributed by atoms with E-state index in [4.69, 9.17) is 16.3 Å². The van der Waals surface area contributed by atoms with Crippen molar-refractivity contribution in [2.45, 2.75) is 13.5 Å². The zero-order valence-electron chi connectivity index (χ0n) is 18.0. The lowest BCUT2D eigenvalue weighted by molar-refractivity contribution is -0.134. The third kappa shape index (κ3) is 3.65. The van der Waals surface area contributed by atoms with Gasteiger partial charge in [0.15, 0.2) is 0 Å². The molecule has 4 rings (SSSR count). The molecule has 0 radical (unpaired) electrons. The lowest BCUT2D eigenvalue weighted by Gasteiger charge is -2.28. The molecule has 4 amide bonds. The number of carbonyl (C=O) groups excluding carboxylic acids is 3. The highest BCUT2D eigenvalue weighted by Gasteiger charge is 2.38. The Balaban J connectivity index is 1.71. The predicted octanol–water partition coefficient (Wildman–Crippen LogP) is 4.12. The number of hydrogen-bond donors (Lipinski definition) is 0. The Morgan fingerprint density at radius 3 is 2.25 bits per heavy atom. The van der Waals surface area contributed by atoms with Gasteiger partial charge < -0.3 is 9.30 Å². The van der Waals surface area contributed by atoms with Gasteiger partial charge in [0.2, 0.25) is 0 Å². The van der Waals surface area contributed by atoms with E-state index in [2.05, 4.69) is 4.57 Å². The van der Waals surface area contributed by atoms with Crippen molar-refractivity contribution in [1.29, 1.82) is 0 Å². The van der Waals surface area contributed by atoms with Gasteiger partial charge in [-0.1, -0.05) is 41.9 Å². The van der Waals surface area contributed by atoms with Gasteiger partial charge in [-0.2, -0.15) is 0 Å². The summed E-state index contributed by atoms with van der Waals surface area (Å²) >= 11 is 6.17. The fourth-order valence-electron chi connectivity index (χ4n) is 3.86. The standard InChI is InChI=1S/C24H22ClN3O4/c1-15-17(14-18-22(29)26(2)24(31)27(3)23(18)30)16-8-4-6-10-20(16)28(15)12-13-32-21-11-7-5-9-19(21)25/h4-11,14H,12-13H2,1-3H3. The monoisotopic (exact) mass is 451 g/mol. The quantitative estimate of drug-likeness (QED) is 0.432. The fourth-order valence-corrected chi connectivity index (χ4v) is 4.05. The normalized spacial score (nSPS) is 14.5. The molecule has 32 heavy (non-hydrogen) atoms. The summed E-state index contributed by atoms with van der Waals surface area (Å²) in [6.07, 6.45) is 1.58. The second kappa shape index (κ2) is 8.51. The molecule has 1 saturated heterocycles. The van der Waals surface area contributed by atoms with Gasteiger partial charge in [0.25, 0.3) is 11.8 Å². The topological polar surface area (TPSA) is 71.9 Å². The fraction of sp³-hybridized carbons (Fsp3) is 0.208. The van der Waals surface area contributed by atoms with Crippen molar-refractivity contribution in [3.8, 4) is 5.75 Å². The Labute approximate surface area is 190 Å². The second-order valence-corrected chi connectivity index (χ2v) is 7.92. The Bertz CT molecular complexity index is 1250. The van der Waals surface area contributed by atoms with Gasteiger partial charge in [0, 0.05) is 36.3 Å². The van der Waals surface area contributed by atoms with Crippen molar-refractivity contribution in [3.63, 3.8) is 0 Å². The van der Waals surface area contributed by atoms with Gasteiger partial charge in [0.1, 0.15) is 17.9 Å². The summed E-state index contributed by atoms with van der Waals surface area (Å²) in [5, 5.41) is 1.45. The maximum absolute atomic E-state index is 12.7. The van der Waals surface area contributed by atoms with E-state index >= 15 is 0 Å². The van der Waals surface area contributed by atoms with E-state index in [1.165, 1.54) is 14.1 Å². The summed E-state index contributed by atoms with van der Waals surface area (Å²) in [6.45, 7) is 2.86. The van der Waals surface area contributed by atoms with E-state index in [9.17, 15) is 14.4 Å². The van der Waals surface area contributed by atoms with E-state index in [-0.39, 0.29) is 5.57 Å². The Morgan fingerprint density at radius 1 is 0.938 bits per heavy atom. The number of likely N-dealkylation sites (N-methyl/N-ethyl adjacent to an activating group) is 2. The number of hydrogen-bond acceptors (Lipinski definition) is 4. The molecular formula is C24H22ClN3O4. The molecule has 0 aliphatic carbocycles. The summed E-state index contributed by atoms with van der Waals surface area (Å²) in [7, 11) is 2.73. The lowest BCUT2D eigenvalue weighted by Crippen LogP contribution is -2.52. The average molecular weight is 452 g/mol. The van der Waals surface area contributed by atoms with Gasteiger partial charge in [-0.3, -0.25) is 19.4 Å². The number of amides is 4. The van der Waals surface area contributed by atoms with Gasteiger partial charge in [-0.05, 0) is 31.2 Å². The van der Waals surface area contributed by atoms with E-state index in [0.29, 0.717) is 23.9 Å². The highest BCUT2D eigenvalue weighted by molar-refractivity contribution is 6.32. The maximum Gasteiger partial charge on any atom is 0.333 e. The number of fused-ring (bicyclic) bond motifs is 1. The highest BCUT2D eigenvalue weighted by atomic mass is 35.5. The Kier molecular flexibility index (Phi) is 5.76. The summed E-state index contributed by atoms with van der Waals surface area (Å²) in [5.74, 6) is -0.618. The summed E-state index contributed by atoms with van der Waals surface area (Å²) < 4.78 is 7.93. The first-order valence-corrected chi connectivity index (χ1v) is 10.5. The third-order valence-corrected chi connectivity index (χ3v) is 5.93. The van der Waals surface area contributed by atoms with Crippen LogP contribution < -0.4 is 4.74 Å². The van der Waals surface area contributed by atoms with Crippen LogP contribution in [-0.4, -0.2) is 52.9 Å². The number of benzene rings is 2. The Hall–Kier alpha value is -3.58. The van der Waals surface area contributed by atoms with Gasteiger partial charge in [0.05, 0.1) is 11.6 Å². The maximum atomic E-state index is 12.7. The predicted molar refractivity (Wildman–Crippen MR) is 123 cm³/mol. The number of ether oxygens (including phenoxy) is 1. The molecule has 1 aliphatic rings. The van der Waals surface area contributed by atoms with Crippen LogP contribution in [-0.2, 0) is 16.1 Å². The van der Waals surface area contributed by atoms with Crippen molar-refractivity contribution in [3.05, 3.63) is 70.4 Å². The molecule has 0 saturated carbocycles. The first-order chi connectivity index (χ1) is 15.3. The van der Waals surface area contributed by atoms with Crippen LogP contribution in [0.5, 0.6) is 5.75 Å². The molecule has 2 heterocycles. The molecule has 0 bridgehead atoms. The summed E-state index contributed by atoms with van der Waals surface area (Å²) in [6, 6.07) is 14.4. The first kappa shape index (κ1) is 21.6. The molecule has 0 unspecified atom stereocenters. The molecule has 1 aromatic heterocycles. The SMILES string of the molecule is Cc1c(C=C2C(=O)N(C)C(=O)N(C)C2=O)c2ccccc2n1CCOc1ccccc1Cl. The molecule has 8 heteroatoms. The molecule has 7 nitrogen and oxygen atoms in total. The molecule has 1 fully saturated rings. The number of para-hydroxylation sites is 2. The molecular weight excluding hydrogens is 430 g/mol. The van der Waals surface area contributed by atoms with Gasteiger partial charge in [-0.15, -0.1) is 0 Å². The number of urea groups is 1. The minimum atomic E-state index is -0.645. The van der Waals surface area contributed by atoms with Crippen molar-refractivity contribution in [2.75, 3.05) is 20.7 Å². The summed E-state index contributed by atoms with van der Waals surface area (Å²) in [4.78, 5) is 39.3. The van der Waals surface area contributed by atoms with E-state index < -0.39 is 17.8 Å². The lowest BCUT2D eigenvalue weighted by atomic mass is 10.0. The number of aromatic nitrogens is 1. The molecule has 0 spiro atoms. The summed E-state index contributed by atoms with van der Waals surface area (Å²) in [5.41, 5.74) is 2.54. The molecule has 0 atom stereocenters. The van der Waals surface area contributed by atoms with Crippen molar-refractivity contribution in [2.24, 2.45) is 0 Å². The van der Waals surface area contributed by atoms with Crippen LogP contribution in [0.4, 0.5) is 4.79 Å². The van der Waals surface area contributed by atoms with Crippen LogP contribution in [0.15, 0.2) is 54.1 Å². The number of barbiturate groups is 1. The number of nitrogens with zero attached hydrogens (tertiary/aromatic N) is 3. The van der Waals surface area contributed by atoms with Crippen LogP contribution in [0, 0.1) is 6.92 Å². The largest absolute Gasteiger partial charge is 0.490 e. The van der Waals surface area contributed by atoms with Crippen LogP contribution in [0.2, 0.25) is 5.02 Å². The molecule has 164 valence electrons. The minimum Gasteiger partial charge on any atom is -0.490 e. The Morgan fingerprint density at radius 2 is 1.56 bits per heavy atom. The second-order valence-electron chi connectivity index (χ2n) is 7.52. The van der Waals surface area contributed by atoms with Crippen LogP contribution >= 0.6 is 11.6 Å². The molecule has 0 N–H and O–H groups in total. The molecule has 2 aromatic carbocycles. The number of rotatable bonds is 5. The van der Waals surface area contributed by atoms with Crippen molar-refractivity contribution < 1.29 is 19.1 Å². The van der Waals surface area contributed by atoms with Gasteiger partial charge >= 0.3 is 6.03 Å². The molecule has 1 aliphatic heterocycles. The zero-order chi connectivity index (χ0) is 23.0. The number of halogens is 1. The average Bonchev–Trinajstić information content (AvgIpc) is 3.06. The van der Waals surface area contributed by atoms with Crippen molar-refractivity contribution in [1.82, 2.24) is 14.4 Å². The smallest absolute Gasteiger partial charge is 0.333 e. The van der Waals surface area contributed by atoms with E-state index in [1.54, 1.807) is 12.1 Å². The van der Waals surface area contributed by atoms with Crippen LogP contribution in [0.1, 0.15) is 11.3 Å². The van der Waals surface area contributed by atoms with Gasteiger partial charge in [-0.25, -0.2) is 4.79 Å². The van der Waals surface area contributed by atoms with Crippen LogP contribution in [0.25, 0.3) is 17.0 Å². The van der Waals surface area contributed by atoms with Crippen molar-refractivity contribution >= 4 is 46.4 Å². The number of carbonyl (C=O) groups is 3. The minimum absolute atomic E-state index is 0.0482. The zero-order valence-corrected chi connectivity index (χ0v) is 18.7. The third-order valence-electron chi connectivity index (χ3n) is 5.62. The van der Waals surface area contributed by atoms with Crippen LogP contribution in [0.3, 0.4) is 0 Å². The van der Waals surface area contributed by atoms with E-state index in [1.807, 2.05) is 49.4 Å². The first-order valence-electron chi connectivity index (χ1n) is 10.1.